The molecule has 1 saturated carbocycles. The van der Waals surface area contributed by atoms with Crippen LogP contribution in [0.4, 0.5) is 0 Å². The summed E-state index contributed by atoms with van der Waals surface area (Å²) in [5, 5.41) is 0. The summed E-state index contributed by atoms with van der Waals surface area (Å²) in [7, 11) is 0. The molecule has 1 aliphatic rings. The van der Waals surface area contributed by atoms with Gasteiger partial charge in [0.05, 0.1) is 0 Å². The van der Waals surface area contributed by atoms with E-state index in [2.05, 4.69) is 36.9 Å². The molecule has 0 aromatic heterocycles. The Kier molecular flexibility index (Phi) is 4.13. The Morgan fingerprint density at radius 2 is 1.67 bits per heavy atom. The SMILES string of the molecule is SCCc1ccc(C2CCCCC2)cc1. The summed E-state index contributed by atoms with van der Waals surface area (Å²) in [6, 6.07) is 9.21. The van der Waals surface area contributed by atoms with Gasteiger partial charge < -0.3 is 0 Å². The van der Waals surface area contributed by atoms with Crippen LogP contribution in [-0.4, -0.2) is 5.75 Å². The van der Waals surface area contributed by atoms with Gasteiger partial charge >= 0.3 is 0 Å². The van der Waals surface area contributed by atoms with Crippen molar-refractivity contribution in [3.8, 4) is 0 Å². The first-order chi connectivity index (χ1) is 7.40. The zero-order valence-electron chi connectivity index (χ0n) is 9.28. The second-order valence-corrected chi connectivity index (χ2v) is 5.00. The first-order valence-corrected chi connectivity index (χ1v) is 6.73. The molecule has 0 spiro atoms. The summed E-state index contributed by atoms with van der Waals surface area (Å²) in [6.45, 7) is 0. The van der Waals surface area contributed by atoms with Gasteiger partial charge in [0.2, 0.25) is 0 Å². The number of rotatable bonds is 3. The van der Waals surface area contributed by atoms with Gasteiger partial charge in [-0.15, -0.1) is 0 Å². The van der Waals surface area contributed by atoms with Gasteiger partial charge in [0, 0.05) is 0 Å². The van der Waals surface area contributed by atoms with Crippen LogP contribution in [-0.2, 0) is 6.42 Å². The summed E-state index contributed by atoms with van der Waals surface area (Å²) in [6.07, 6.45) is 8.16. The van der Waals surface area contributed by atoms with Gasteiger partial charge in [-0.1, -0.05) is 43.5 Å². The van der Waals surface area contributed by atoms with E-state index in [-0.39, 0.29) is 0 Å². The van der Waals surface area contributed by atoms with E-state index in [1.54, 1.807) is 5.56 Å². The summed E-state index contributed by atoms with van der Waals surface area (Å²) >= 11 is 4.26. The topological polar surface area (TPSA) is 0 Å². The molecule has 0 atom stereocenters. The Morgan fingerprint density at radius 3 is 2.27 bits per heavy atom. The molecule has 1 aromatic carbocycles. The number of benzene rings is 1. The molecule has 0 radical (unpaired) electrons. The minimum absolute atomic E-state index is 0.837. The molecule has 1 aliphatic carbocycles. The van der Waals surface area contributed by atoms with Crippen molar-refractivity contribution in [3.05, 3.63) is 35.4 Å². The largest absolute Gasteiger partial charge is 0.179 e. The van der Waals surface area contributed by atoms with Crippen LogP contribution in [0.5, 0.6) is 0 Å². The van der Waals surface area contributed by atoms with E-state index >= 15 is 0 Å². The highest BCUT2D eigenvalue weighted by molar-refractivity contribution is 7.80. The number of hydrogen-bond donors (Lipinski definition) is 1. The van der Waals surface area contributed by atoms with Crippen LogP contribution in [0.15, 0.2) is 24.3 Å². The highest BCUT2D eigenvalue weighted by Gasteiger charge is 2.14. The van der Waals surface area contributed by atoms with Gasteiger partial charge in [-0.2, -0.15) is 12.6 Å². The maximum absolute atomic E-state index is 4.26. The first-order valence-electron chi connectivity index (χ1n) is 6.10. The van der Waals surface area contributed by atoms with Crippen molar-refractivity contribution in [2.75, 3.05) is 5.75 Å². The van der Waals surface area contributed by atoms with Crippen molar-refractivity contribution in [1.29, 1.82) is 0 Å². The second-order valence-electron chi connectivity index (χ2n) is 4.55. The van der Waals surface area contributed by atoms with Crippen molar-refractivity contribution in [3.63, 3.8) is 0 Å². The maximum atomic E-state index is 4.26. The Hall–Kier alpha value is -0.430. The van der Waals surface area contributed by atoms with Crippen LogP contribution in [0.3, 0.4) is 0 Å². The molecule has 2 rings (SSSR count). The van der Waals surface area contributed by atoms with Crippen LogP contribution >= 0.6 is 12.6 Å². The lowest BCUT2D eigenvalue weighted by Crippen LogP contribution is -2.04. The van der Waals surface area contributed by atoms with Gasteiger partial charge in [-0.05, 0) is 42.1 Å². The molecule has 0 N–H and O–H groups in total. The molecule has 0 amide bonds. The first kappa shape index (κ1) is 11.1. The molecule has 82 valence electrons. The van der Waals surface area contributed by atoms with E-state index in [0.29, 0.717) is 0 Å². The lowest BCUT2D eigenvalue weighted by molar-refractivity contribution is 0.443. The monoisotopic (exact) mass is 220 g/mol. The van der Waals surface area contributed by atoms with Crippen molar-refractivity contribution in [1.82, 2.24) is 0 Å². The smallest absolute Gasteiger partial charge is 0.00574 e. The third-order valence-corrected chi connectivity index (χ3v) is 3.68. The minimum atomic E-state index is 0.837. The molecule has 0 saturated heterocycles. The fourth-order valence-electron chi connectivity index (χ4n) is 2.52. The maximum Gasteiger partial charge on any atom is -0.00574 e. The number of hydrogen-bond acceptors (Lipinski definition) is 1. The van der Waals surface area contributed by atoms with E-state index in [4.69, 9.17) is 0 Å². The van der Waals surface area contributed by atoms with Crippen molar-refractivity contribution in [2.45, 2.75) is 44.4 Å². The van der Waals surface area contributed by atoms with Crippen molar-refractivity contribution in [2.24, 2.45) is 0 Å². The normalized spacial score (nSPS) is 17.9. The zero-order valence-corrected chi connectivity index (χ0v) is 10.2. The van der Waals surface area contributed by atoms with Crippen molar-refractivity contribution < 1.29 is 0 Å². The van der Waals surface area contributed by atoms with Crippen LogP contribution in [0.2, 0.25) is 0 Å². The molecular formula is C14H20S. The highest BCUT2D eigenvalue weighted by atomic mass is 32.1. The molecule has 0 unspecified atom stereocenters. The molecule has 1 aromatic rings. The zero-order chi connectivity index (χ0) is 10.5. The second kappa shape index (κ2) is 5.60. The van der Waals surface area contributed by atoms with Crippen LogP contribution in [0.25, 0.3) is 0 Å². The Labute approximate surface area is 98.5 Å². The third kappa shape index (κ3) is 3.01. The standard InChI is InChI=1S/C14H20S/c15-11-10-12-6-8-14(9-7-12)13-4-2-1-3-5-13/h6-9,13,15H,1-5,10-11H2. The minimum Gasteiger partial charge on any atom is -0.179 e. The van der Waals surface area contributed by atoms with Crippen LogP contribution in [0.1, 0.15) is 49.1 Å². The molecule has 0 aliphatic heterocycles. The molecule has 1 fully saturated rings. The molecular weight excluding hydrogens is 200 g/mol. The molecule has 0 heterocycles. The molecule has 0 nitrogen and oxygen atoms in total. The van der Waals surface area contributed by atoms with E-state index < -0.39 is 0 Å². The summed E-state index contributed by atoms with van der Waals surface area (Å²) in [5.74, 6) is 1.78. The van der Waals surface area contributed by atoms with Gasteiger partial charge in [0.15, 0.2) is 0 Å². The molecule has 15 heavy (non-hydrogen) atoms. The van der Waals surface area contributed by atoms with Crippen LogP contribution < -0.4 is 0 Å². The molecule has 0 bridgehead atoms. The highest BCUT2D eigenvalue weighted by Crippen LogP contribution is 2.32. The predicted octanol–water partition coefficient (Wildman–Crippen LogP) is 4.21. The quantitative estimate of drug-likeness (QED) is 0.725. The lowest BCUT2D eigenvalue weighted by atomic mass is 9.84. The number of aryl methyl sites for hydroxylation is 1. The third-order valence-electron chi connectivity index (χ3n) is 3.46. The Morgan fingerprint density at radius 1 is 1.00 bits per heavy atom. The molecule has 1 heteroatoms. The van der Waals surface area contributed by atoms with Gasteiger partial charge in [-0.3, -0.25) is 0 Å². The predicted molar refractivity (Wildman–Crippen MR) is 69.8 cm³/mol. The van der Waals surface area contributed by atoms with E-state index in [9.17, 15) is 0 Å². The summed E-state index contributed by atoms with van der Waals surface area (Å²) in [5.41, 5.74) is 2.97. The van der Waals surface area contributed by atoms with Crippen molar-refractivity contribution >= 4 is 12.6 Å². The Balaban J connectivity index is 2.02. The fraction of sp³-hybridized carbons (Fsp3) is 0.571. The van der Waals surface area contributed by atoms with Gasteiger partial charge in [0.25, 0.3) is 0 Å². The summed E-state index contributed by atoms with van der Waals surface area (Å²) in [4.78, 5) is 0. The average Bonchev–Trinajstić information content (AvgIpc) is 2.32. The van der Waals surface area contributed by atoms with Gasteiger partial charge in [-0.25, -0.2) is 0 Å². The van der Waals surface area contributed by atoms with E-state index in [0.717, 1.165) is 18.1 Å². The van der Waals surface area contributed by atoms with E-state index in [1.165, 1.54) is 37.7 Å². The van der Waals surface area contributed by atoms with Crippen LogP contribution in [0, 0.1) is 0 Å². The summed E-state index contributed by atoms with van der Waals surface area (Å²) < 4.78 is 0. The van der Waals surface area contributed by atoms with E-state index in [1.807, 2.05) is 0 Å². The number of thiol groups is 1. The Bertz CT molecular complexity index is 283. The fourth-order valence-corrected chi connectivity index (χ4v) is 2.78. The lowest BCUT2D eigenvalue weighted by Gasteiger charge is -2.22. The van der Waals surface area contributed by atoms with Gasteiger partial charge in [0.1, 0.15) is 0 Å². The average molecular weight is 220 g/mol.